The van der Waals surface area contributed by atoms with Gasteiger partial charge in [0.25, 0.3) is 0 Å². The Morgan fingerprint density at radius 3 is 3.00 bits per heavy atom. The largest absolute Gasteiger partial charge is 0.353 e. The monoisotopic (exact) mass is 213 g/mol. The Labute approximate surface area is 87.7 Å². The quantitative estimate of drug-likeness (QED) is 0.759. The van der Waals surface area contributed by atoms with E-state index in [0.717, 1.165) is 5.69 Å². The molecular weight excluding hydrogens is 198 g/mol. The van der Waals surface area contributed by atoms with E-state index in [1.54, 1.807) is 16.8 Å². The number of aromatic nitrogens is 1. The molecule has 2 N–H and O–H groups in total. The fourth-order valence-electron chi connectivity index (χ4n) is 1.00. The van der Waals surface area contributed by atoms with E-state index in [0.29, 0.717) is 13.1 Å². The Balaban J connectivity index is 2.12. The molecule has 0 aliphatic heterocycles. The van der Waals surface area contributed by atoms with Gasteiger partial charge in [0.05, 0.1) is 17.7 Å². The van der Waals surface area contributed by atoms with Crippen LogP contribution >= 0.6 is 11.3 Å². The number of carbonyl (C=O) groups excluding carboxylic acids is 1. The van der Waals surface area contributed by atoms with Crippen molar-refractivity contribution in [2.24, 2.45) is 0 Å². The van der Waals surface area contributed by atoms with Crippen LogP contribution < -0.4 is 10.6 Å². The second-order valence-electron chi connectivity index (χ2n) is 3.31. The SMILES string of the molecule is CC(C)NC(=O)CNCc1cscn1. The van der Waals surface area contributed by atoms with Crippen LogP contribution in [0.1, 0.15) is 19.5 Å². The molecule has 4 nitrogen and oxygen atoms in total. The first-order valence-corrected chi connectivity index (χ1v) is 5.50. The second-order valence-corrected chi connectivity index (χ2v) is 4.02. The zero-order chi connectivity index (χ0) is 10.4. The number of amides is 1. The van der Waals surface area contributed by atoms with Crippen LogP contribution in [0.5, 0.6) is 0 Å². The van der Waals surface area contributed by atoms with Crippen LogP contribution in [0, 0.1) is 0 Å². The summed E-state index contributed by atoms with van der Waals surface area (Å²) >= 11 is 1.56. The van der Waals surface area contributed by atoms with Crippen molar-refractivity contribution in [2.45, 2.75) is 26.4 Å². The van der Waals surface area contributed by atoms with Gasteiger partial charge in [0.15, 0.2) is 0 Å². The summed E-state index contributed by atoms with van der Waals surface area (Å²) in [4.78, 5) is 15.3. The van der Waals surface area contributed by atoms with E-state index in [-0.39, 0.29) is 11.9 Å². The number of nitrogens with one attached hydrogen (secondary N) is 2. The summed E-state index contributed by atoms with van der Waals surface area (Å²) in [5, 5.41) is 7.79. The highest BCUT2D eigenvalue weighted by Crippen LogP contribution is 1.99. The molecule has 5 heteroatoms. The number of nitrogens with zero attached hydrogens (tertiary/aromatic N) is 1. The predicted octanol–water partition coefficient (Wildman–Crippen LogP) is 0.757. The van der Waals surface area contributed by atoms with Crippen molar-refractivity contribution >= 4 is 17.2 Å². The van der Waals surface area contributed by atoms with Crippen LogP contribution in [-0.4, -0.2) is 23.5 Å². The van der Waals surface area contributed by atoms with Crippen molar-refractivity contribution in [3.8, 4) is 0 Å². The average Bonchev–Trinajstić information content (AvgIpc) is 2.55. The van der Waals surface area contributed by atoms with Crippen LogP contribution in [0.15, 0.2) is 10.9 Å². The molecule has 1 aromatic heterocycles. The Morgan fingerprint density at radius 2 is 2.43 bits per heavy atom. The molecule has 1 amide bonds. The van der Waals surface area contributed by atoms with Gasteiger partial charge in [-0.1, -0.05) is 0 Å². The maximum Gasteiger partial charge on any atom is 0.234 e. The maximum atomic E-state index is 11.2. The van der Waals surface area contributed by atoms with Crippen LogP contribution in [0.4, 0.5) is 0 Å². The van der Waals surface area contributed by atoms with E-state index in [4.69, 9.17) is 0 Å². The van der Waals surface area contributed by atoms with E-state index in [1.807, 2.05) is 19.2 Å². The van der Waals surface area contributed by atoms with Crippen LogP contribution in [0.25, 0.3) is 0 Å². The summed E-state index contributed by atoms with van der Waals surface area (Å²) in [5.41, 5.74) is 2.76. The first-order valence-electron chi connectivity index (χ1n) is 4.55. The molecular formula is C9H15N3OS. The minimum absolute atomic E-state index is 0.0234. The predicted molar refractivity (Wildman–Crippen MR) is 57.1 cm³/mol. The number of thiazole rings is 1. The number of hydrogen-bond donors (Lipinski definition) is 2. The summed E-state index contributed by atoms with van der Waals surface area (Å²) in [6.45, 7) is 4.88. The fourth-order valence-corrected chi connectivity index (χ4v) is 1.56. The smallest absolute Gasteiger partial charge is 0.234 e. The van der Waals surface area contributed by atoms with Gasteiger partial charge in [-0.05, 0) is 13.8 Å². The van der Waals surface area contributed by atoms with Gasteiger partial charge >= 0.3 is 0 Å². The number of hydrogen-bond acceptors (Lipinski definition) is 4. The first kappa shape index (κ1) is 11.1. The van der Waals surface area contributed by atoms with Crippen molar-refractivity contribution in [1.82, 2.24) is 15.6 Å². The van der Waals surface area contributed by atoms with Crippen molar-refractivity contribution < 1.29 is 4.79 Å². The van der Waals surface area contributed by atoms with Crippen molar-refractivity contribution in [1.29, 1.82) is 0 Å². The van der Waals surface area contributed by atoms with Crippen LogP contribution in [-0.2, 0) is 11.3 Å². The lowest BCUT2D eigenvalue weighted by Gasteiger charge is -2.08. The molecule has 0 saturated heterocycles. The lowest BCUT2D eigenvalue weighted by molar-refractivity contribution is -0.120. The lowest BCUT2D eigenvalue weighted by Crippen LogP contribution is -2.37. The van der Waals surface area contributed by atoms with Gasteiger partial charge < -0.3 is 10.6 Å². The highest BCUT2D eigenvalue weighted by molar-refractivity contribution is 7.07. The first-order chi connectivity index (χ1) is 6.68. The highest BCUT2D eigenvalue weighted by atomic mass is 32.1. The van der Waals surface area contributed by atoms with Gasteiger partial charge in [0, 0.05) is 18.0 Å². The minimum Gasteiger partial charge on any atom is -0.353 e. The number of rotatable bonds is 5. The molecule has 0 unspecified atom stereocenters. The van der Waals surface area contributed by atoms with E-state index >= 15 is 0 Å². The summed E-state index contributed by atoms with van der Waals surface area (Å²) in [5.74, 6) is 0.0234. The summed E-state index contributed by atoms with van der Waals surface area (Å²) in [6, 6.07) is 0.198. The topological polar surface area (TPSA) is 54.0 Å². The molecule has 1 aromatic rings. The molecule has 0 aromatic carbocycles. The van der Waals surface area contributed by atoms with Crippen molar-refractivity contribution in [3.63, 3.8) is 0 Å². The van der Waals surface area contributed by atoms with Gasteiger partial charge in [-0.2, -0.15) is 0 Å². The molecule has 0 radical (unpaired) electrons. The normalized spacial score (nSPS) is 10.5. The Hall–Kier alpha value is -0.940. The van der Waals surface area contributed by atoms with E-state index in [1.165, 1.54) is 0 Å². The van der Waals surface area contributed by atoms with Crippen LogP contribution in [0.3, 0.4) is 0 Å². The molecule has 0 aliphatic carbocycles. The zero-order valence-corrected chi connectivity index (χ0v) is 9.23. The fraction of sp³-hybridized carbons (Fsp3) is 0.556. The molecule has 1 rings (SSSR count). The minimum atomic E-state index is 0.0234. The van der Waals surface area contributed by atoms with Gasteiger partial charge in [-0.3, -0.25) is 4.79 Å². The van der Waals surface area contributed by atoms with E-state index in [2.05, 4.69) is 15.6 Å². The van der Waals surface area contributed by atoms with Gasteiger partial charge in [0.1, 0.15) is 0 Å². The van der Waals surface area contributed by atoms with Crippen molar-refractivity contribution in [3.05, 3.63) is 16.6 Å². The van der Waals surface area contributed by atoms with Crippen LogP contribution in [0.2, 0.25) is 0 Å². The van der Waals surface area contributed by atoms with Gasteiger partial charge in [-0.15, -0.1) is 11.3 Å². The molecule has 0 bridgehead atoms. The van der Waals surface area contributed by atoms with Gasteiger partial charge in [-0.25, -0.2) is 4.98 Å². The molecule has 1 heterocycles. The Kier molecular flexibility index (Phi) is 4.55. The molecule has 0 spiro atoms. The third kappa shape index (κ3) is 4.34. The molecule has 0 aliphatic rings. The highest BCUT2D eigenvalue weighted by Gasteiger charge is 2.02. The maximum absolute atomic E-state index is 11.2. The molecule has 0 fully saturated rings. The van der Waals surface area contributed by atoms with Gasteiger partial charge in [0.2, 0.25) is 5.91 Å². The molecule has 0 saturated carbocycles. The molecule has 14 heavy (non-hydrogen) atoms. The summed E-state index contributed by atoms with van der Waals surface area (Å²) in [7, 11) is 0. The lowest BCUT2D eigenvalue weighted by atomic mass is 10.4. The third-order valence-corrected chi connectivity index (χ3v) is 2.16. The van der Waals surface area contributed by atoms with E-state index < -0.39 is 0 Å². The third-order valence-electron chi connectivity index (χ3n) is 1.52. The summed E-state index contributed by atoms with van der Waals surface area (Å²) in [6.07, 6.45) is 0. The molecule has 0 atom stereocenters. The Morgan fingerprint density at radius 1 is 1.64 bits per heavy atom. The Bertz CT molecular complexity index is 272. The average molecular weight is 213 g/mol. The molecule has 78 valence electrons. The zero-order valence-electron chi connectivity index (χ0n) is 8.41. The number of carbonyl (C=O) groups is 1. The van der Waals surface area contributed by atoms with E-state index in [9.17, 15) is 4.79 Å². The second kappa shape index (κ2) is 5.72. The summed E-state index contributed by atoms with van der Waals surface area (Å²) < 4.78 is 0. The standard InChI is InChI=1S/C9H15N3OS/c1-7(2)12-9(13)4-10-3-8-5-14-6-11-8/h5-7,10H,3-4H2,1-2H3,(H,12,13). The van der Waals surface area contributed by atoms with Crippen molar-refractivity contribution in [2.75, 3.05) is 6.54 Å².